The highest BCUT2D eigenvalue weighted by Gasteiger charge is 2.26. The summed E-state index contributed by atoms with van der Waals surface area (Å²) in [5.74, 6) is 1.87. The zero-order valence-corrected chi connectivity index (χ0v) is 12.8. The van der Waals surface area contributed by atoms with Crippen LogP contribution in [0.5, 0.6) is 0 Å². The van der Waals surface area contributed by atoms with E-state index >= 15 is 0 Å². The lowest BCUT2D eigenvalue weighted by atomic mass is 10.0. The van der Waals surface area contributed by atoms with Crippen molar-refractivity contribution in [2.45, 2.75) is 31.7 Å². The Kier molecular flexibility index (Phi) is 3.28. The van der Waals surface area contributed by atoms with Crippen molar-refractivity contribution in [2.75, 3.05) is 11.9 Å². The number of hydrogen-bond donors (Lipinski definition) is 3. The van der Waals surface area contributed by atoms with Crippen molar-refractivity contribution in [1.82, 2.24) is 24.5 Å². The Morgan fingerprint density at radius 1 is 1.48 bits per heavy atom. The van der Waals surface area contributed by atoms with Gasteiger partial charge in [0, 0.05) is 38.4 Å². The molecule has 4 heterocycles. The maximum absolute atomic E-state index is 9.49. The van der Waals surface area contributed by atoms with Crippen LogP contribution in [-0.2, 0) is 13.0 Å². The molecule has 0 fully saturated rings. The number of likely N-dealkylation sites (N-methyl/N-ethyl adjacent to an activating group) is 1. The number of nitrogens with one attached hydrogen (secondary N) is 1. The highest BCUT2D eigenvalue weighted by molar-refractivity contribution is 5.87. The number of aromatic nitrogens is 5. The molecule has 0 saturated carbocycles. The van der Waals surface area contributed by atoms with Crippen LogP contribution in [0.25, 0.3) is 11.0 Å². The van der Waals surface area contributed by atoms with E-state index in [-0.39, 0.29) is 0 Å². The van der Waals surface area contributed by atoms with Gasteiger partial charge in [0.1, 0.15) is 35.5 Å². The third-order valence-electron chi connectivity index (χ3n) is 4.52. The van der Waals surface area contributed by atoms with E-state index < -0.39 is 6.23 Å². The number of rotatable bonds is 3. The Hall–Kier alpha value is -2.45. The largest absolute Gasteiger partial charge is 0.373 e. The first-order valence-corrected chi connectivity index (χ1v) is 7.64. The molecule has 2 unspecified atom stereocenters. The molecule has 0 amide bonds. The number of aliphatic hydroxyl groups is 1. The smallest absolute Gasteiger partial charge is 0.147 e. The molecule has 4 N–H and O–H groups in total. The molecule has 1 aliphatic heterocycles. The lowest BCUT2D eigenvalue weighted by Gasteiger charge is -2.32. The Morgan fingerprint density at radius 2 is 2.35 bits per heavy atom. The molecular weight excluding hydrogens is 294 g/mol. The fourth-order valence-electron chi connectivity index (χ4n) is 3.22. The van der Waals surface area contributed by atoms with Crippen LogP contribution >= 0.6 is 0 Å². The average Bonchev–Trinajstić information content (AvgIpc) is 3.19. The summed E-state index contributed by atoms with van der Waals surface area (Å²) in [5.41, 5.74) is 6.88. The van der Waals surface area contributed by atoms with E-state index in [0.717, 1.165) is 42.1 Å². The molecule has 3 aromatic rings. The molecule has 1 aliphatic rings. The summed E-state index contributed by atoms with van der Waals surface area (Å²) < 4.78 is 2.07. The van der Waals surface area contributed by atoms with E-state index in [1.807, 2.05) is 18.5 Å². The maximum atomic E-state index is 9.49. The number of anilines is 1. The molecule has 23 heavy (non-hydrogen) atoms. The van der Waals surface area contributed by atoms with Crippen molar-refractivity contribution in [2.24, 2.45) is 5.73 Å². The summed E-state index contributed by atoms with van der Waals surface area (Å²) in [6, 6.07) is 2.29. The number of H-pyrrole nitrogens is 1. The topological polar surface area (TPSA) is 109 Å². The van der Waals surface area contributed by atoms with Crippen LogP contribution in [0.2, 0.25) is 0 Å². The average molecular weight is 313 g/mol. The van der Waals surface area contributed by atoms with Crippen molar-refractivity contribution >= 4 is 16.9 Å². The van der Waals surface area contributed by atoms with Gasteiger partial charge in [0.05, 0.1) is 5.39 Å². The number of aromatic amines is 1. The molecule has 0 aliphatic carbocycles. The van der Waals surface area contributed by atoms with Gasteiger partial charge in [-0.3, -0.25) is 0 Å². The van der Waals surface area contributed by atoms with Gasteiger partial charge in [-0.1, -0.05) is 0 Å². The van der Waals surface area contributed by atoms with Gasteiger partial charge in [-0.25, -0.2) is 15.0 Å². The molecule has 8 nitrogen and oxygen atoms in total. The van der Waals surface area contributed by atoms with Crippen molar-refractivity contribution in [1.29, 1.82) is 0 Å². The van der Waals surface area contributed by atoms with Crippen LogP contribution in [0, 0.1) is 0 Å². The summed E-state index contributed by atoms with van der Waals surface area (Å²) in [6.45, 7) is 0.853. The molecule has 0 aromatic carbocycles. The summed E-state index contributed by atoms with van der Waals surface area (Å²) in [5, 5.41) is 10.5. The minimum Gasteiger partial charge on any atom is -0.373 e. The third-order valence-corrected chi connectivity index (χ3v) is 4.52. The van der Waals surface area contributed by atoms with Crippen LogP contribution in [0.1, 0.15) is 24.2 Å². The summed E-state index contributed by atoms with van der Waals surface area (Å²) in [6.07, 6.45) is 6.04. The second kappa shape index (κ2) is 5.32. The van der Waals surface area contributed by atoms with E-state index in [9.17, 15) is 5.11 Å². The normalized spacial score (nSPS) is 18.8. The van der Waals surface area contributed by atoms with Crippen LogP contribution in [0.3, 0.4) is 0 Å². The van der Waals surface area contributed by atoms with Gasteiger partial charge in [-0.15, -0.1) is 0 Å². The molecule has 2 atom stereocenters. The lowest BCUT2D eigenvalue weighted by molar-refractivity contribution is 0.181. The number of aliphatic hydroxyl groups excluding tert-OH is 1. The third kappa shape index (κ3) is 2.36. The van der Waals surface area contributed by atoms with Crippen LogP contribution in [0.4, 0.5) is 5.82 Å². The second-order valence-electron chi connectivity index (χ2n) is 5.91. The number of imidazole rings is 1. The van der Waals surface area contributed by atoms with Crippen LogP contribution < -0.4 is 10.6 Å². The van der Waals surface area contributed by atoms with E-state index in [4.69, 9.17) is 5.73 Å². The minimum atomic E-state index is -1.02. The first kappa shape index (κ1) is 14.2. The van der Waals surface area contributed by atoms with Crippen molar-refractivity contribution in [3.8, 4) is 0 Å². The SMILES string of the molecule is CN(c1ncnc2[nH]ccc12)C1CCn2cc(C(N)O)nc2C1. The first-order chi connectivity index (χ1) is 11.1. The molecular formula is C15H19N7O. The van der Waals surface area contributed by atoms with Crippen LogP contribution in [0.15, 0.2) is 24.8 Å². The fraction of sp³-hybridized carbons (Fsp3) is 0.400. The number of fused-ring (bicyclic) bond motifs is 2. The monoisotopic (exact) mass is 313 g/mol. The summed E-state index contributed by atoms with van der Waals surface area (Å²) in [4.78, 5) is 18.4. The van der Waals surface area contributed by atoms with E-state index in [1.54, 1.807) is 6.33 Å². The molecule has 0 bridgehead atoms. The first-order valence-electron chi connectivity index (χ1n) is 7.64. The molecule has 3 aromatic heterocycles. The molecule has 0 spiro atoms. The van der Waals surface area contributed by atoms with Gasteiger partial charge in [0.2, 0.25) is 0 Å². The van der Waals surface area contributed by atoms with E-state index in [1.165, 1.54) is 0 Å². The van der Waals surface area contributed by atoms with Crippen LogP contribution in [-0.4, -0.2) is 42.7 Å². The zero-order valence-electron chi connectivity index (χ0n) is 12.8. The molecule has 120 valence electrons. The lowest BCUT2D eigenvalue weighted by Crippen LogP contribution is -2.38. The van der Waals surface area contributed by atoms with E-state index in [2.05, 4.69) is 36.5 Å². The minimum absolute atomic E-state index is 0.292. The van der Waals surface area contributed by atoms with Gasteiger partial charge in [-0.05, 0) is 12.5 Å². The fourth-order valence-corrected chi connectivity index (χ4v) is 3.22. The Bertz CT molecular complexity index is 837. The zero-order chi connectivity index (χ0) is 16.0. The van der Waals surface area contributed by atoms with Crippen molar-refractivity contribution in [3.05, 3.63) is 36.3 Å². The molecule has 0 saturated heterocycles. The second-order valence-corrected chi connectivity index (χ2v) is 5.91. The van der Waals surface area contributed by atoms with Gasteiger partial charge >= 0.3 is 0 Å². The van der Waals surface area contributed by atoms with Gasteiger partial charge in [0.15, 0.2) is 0 Å². The van der Waals surface area contributed by atoms with Crippen molar-refractivity contribution in [3.63, 3.8) is 0 Å². The summed E-state index contributed by atoms with van der Waals surface area (Å²) in [7, 11) is 2.05. The molecule has 8 heteroatoms. The molecule has 0 radical (unpaired) electrons. The number of aryl methyl sites for hydroxylation is 1. The number of nitrogens with two attached hydrogens (primary N) is 1. The van der Waals surface area contributed by atoms with Gasteiger partial charge < -0.3 is 25.3 Å². The van der Waals surface area contributed by atoms with Gasteiger partial charge in [0.25, 0.3) is 0 Å². The van der Waals surface area contributed by atoms with Crippen molar-refractivity contribution < 1.29 is 5.11 Å². The molecule has 4 rings (SSSR count). The quantitative estimate of drug-likeness (QED) is 0.610. The number of hydrogen-bond acceptors (Lipinski definition) is 6. The van der Waals surface area contributed by atoms with E-state index in [0.29, 0.717) is 11.7 Å². The van der Waals surface area contributed by atoms with Gasteiger partial charge in [-0.2, -0.15) is 0 Å². The maximum Gasteiger partial charge on any atom is 0.147 e. The Balaban J connectivity index is 1.62. The number of nitrogens with zero attached hydrogens (tertiary/aromatic N) is 5. The Morgan fingerprint density at radius 3 is 3.17 bits per heavy atom. The predicted molar refractivity (Wildman–Crippen MR) is 85.8 cm³/mol. The highest BCUT2D eigenvalue weighted by Crippen LogP contribution is 2.27. The standard InChI is InChI=1S/C15H19N7O/c1-21(15-10-2-4-17-14(10)18-8-19-15)9-3-5-22-7-11(13(16)23)20-12(22)6-9/h2,4,7-9,13,23H,3,5-6,16H2,1H3,(H,17,18,19). The highest BCUT2D eigenvalue weighted by atomic mass is 16.3. The predicted octanol–water partition coefficient (Wildman–Crippen LogP) is 0.555. The Labute approximate surface area is 133 Å². The summed E-state index contributed by atoms with van der Waals surface area (Å²) >= 11 is 0.